The average Bonchev–Trinajstić information content (AvgIpc) is 3.06. The van der Waals surface area contributed by atoms with Gasteiger partial charge in [-0.15, -0.1) is 11.3 Å². The van der Waals surface area contributed by atoms with Crippen molar-refractivity contribution >= 4 is 17.2 Å². The van der Waals surface area contributed by atoms with Crippen LogP contribution >= 0.6 is 11.3 Å². The minimum Gasteiger partial charge on any atom is -0.333 e. The number of thiophene rings is 1. The van der Waals surface area contributed by atoms with Gasteiger partial charge in [0.1, 0.15) is 0 Å². The van der Waals surface area contributed by atoms with Crippen molar-refractivity contribution in [1.82, 2.24) is 14.8 Å². The van der Waals surface area contributed by atoms with E-state index in [1.165, 1.54) is 22.6 Å². The van der Waals surface area contributed by atoms with Gasteiger partial charge in [-0.2, -0.15) is 0 Å². The summed E-state index contributed by atoms with van der Waals surface area (Å²) < 4.78 is 0. The van der Waals surface area contributed by atoms with Crippen LogP contribution in [0.4, 0.5) is 0 Å². The maximum Gasteiger partial charge on any atom is 0.223 e. The van der Waals surface area contributed by atoms with E-state index in [9.17, 15) is 4.79 Å². The van der Waals surface area contributed by atoms with Gasteiger partial charge in [0.25, 0.3) is 0 Å². The number of rotatable bonds is 7. The van der Waals surface area contributed by atoms with Crippen molar-refractivity contribution in [2.24, 2.45) is 5.92 Å². The zero-order valence-corrected chi connectivity index (χ0v) is 16.7. The van der Waals surface area contributed by atoms with E-state index in [1.807, 2.05) is 17.0 Å². The van der Waals surface area contributed by atoms with Gasteiger partial charge in [0.15, 0.2) is 0 Å². The molecule has 0 bridgehead atoms. The number of nitrogens with zero attached hydrogens (tertiary/aromatic N) is 3. The van der Waals surface area contributed by atoms with Gasteiger partial charge in [-0.25, -0.2) is 0 Å². The molecule has 0 N–H and O–H groups in total. The number of amides is 1. The second-order valence-corrected chi connectivity index (χ2v) is 8.78. The van der Waals surface area contributed by atoms with Gasteiger partial charge in [0.05, 0.1) is 6.54 Å². The molecule has 1 fully saturated rings. The van der Waals surface area contributed by atoms with Crippen LogP contribution < -0.4 is 0 Å². The predicted octanol–water partition coefficient (Wildman–Crippen LogP) is 4.10. The molecule has 0 aliphatic carbocycles. The van der Waals surface area contributed by atoms with Crippen LogP contribution in [0.15, 0.2) is 36.7 Å². The van der Waals surface area contributed by atoms with Gasteiger partial charge in [0.2, 0.25) is 5.91 Å². The molecule has 0 aromatic carbocycles. The maximum atomic E-state index is 13.0. The Morgan fingerprint density at radius 3 is 2.58 bits per heavy atom. The molecule has 0 unspecified atom stereocenters. The van der Waals surface area contributed by atoms with E-state index >= 15 is 0 Å². The van der Waals surface area contributed by atoms with Gasteiger partial charge in [-0.1, -0.05) is 0 Å². The van der Waals surface area contributed by atoms with Crippen LogP contribution in [0, 0.1) is 12.8 Å². The number of carbonyl (C=O) groups excluding carboxylic acids is 1. The van der Waals surface area contributed by atoms with E-state index in [4.69, 9.17) is 0 Å². The molecule has 3 heterocycles. The molecule has 140 valence electrons. The molecule has 0 saturated carbocycles. The van der Waals surface area contributed by atoms with E-state index in [0.29, 0.717) is 25.4 Å². The molecule has 4 nitrogen and oxygen atoms in total. The quantitative estimate of drug-likeness (QED) is 0.735. The SMILES string of the molecule is Cc1ccc(CN(Cc2ccncc2)C(=O)CCC2CCN(C)CC2)s1. The minimum absolute atomic E-state index is 0.270. The van der Waals surface area contributed by atoms with Crippen LogP contribution in [-0.4, -0.2) is 40.8 Å². The van der Waals surface area contributed by atoms with Crippen LogP contribution in [0.1, 0.15) is 41.0 Å². The molecule has 1 saturated heterocycles. The van der Waals surface area contributed by atoms with E-state index in [1.54, 1.807) is 23.7 Å². The van der Waals surface area contributed by atoms with Gasteiger partial charge in [0, 0.05) is 35.1 Å². The Bertz CT molecular complexity index is 692. The Balaban J connectivity index is 1.60. The third-order valence-corrected chi connectivity index (χ3v) is 6.21. The van der Waals surface area contributed by atoms with Crippen molar-refractivity contribution in [3.05, 3.63) is 52.0 Å². The second-order valence-electron chi connectivity index (χ2n) is 7.40. The van der Waals surface area contributed by atoms with Crippen molar-refractivity contribution < 1.29 is 4.79 Å². The molecule has 5 heteroatoms. The summed E-state index contributed by atoms with van der Waals surface area (Å²) in [5.74, 6) is 0.966. The van der Waals surface area contributed by atoms with E-state index < -0.39 is 0 Å². The summed E-state index contributed by atoms with van der Waals surface area (Å²) in [6, 6.07) is 8.27. The Labute approximate surface area is 160 Å². The summed E-state index contributed by atoms with van der Waals surface area (Å²) in [5, 5.41) is 0. The number of aromatic nitrogens is 1. The van der Waals surface area contributed by atoms with Crippen LogP contribution in [-0.2, 0) is 17.9 Å². The molecule has 1 aliphatic heterocycles. The minimum atomic E-state index is 0.270. The highest BCUT2D eigenvalue weighted by molar-refractivity contribution is 7.11. The van der Waals surface area contributed by atoms with Gasteiger partial charge in [-0.3, -0.25) is 9.78 Å². The lowest BCUT2D eigenvalue weighted by Crippen LogP contribution is -2.32. The van der Waals surface area contributed by atoms with Crippen LogP contribution in [0.2, 0.25) is 0 Å². The predicted molar refractivity (Wildman–Crippen MR) is 107 cm³/mol. The first-order valence-electron chi connectivity index (χ1n) is 9.50. The topological polar surface area (TPSA) is 36.4 Å². The number of likely N-dealkylation sites (tertiary alicyclic amines) is 1. The number of pyridine rings is 1. The van der Waals surface area contributed by atoms with Gasteiger partial charge >= 0.3 is 0 Å². The van der Waals surface area contributed by atoms with Gasteiger partial charge in [-0.05, 0) is 82.1 Å². The first-order valence-corrected chi connectivity index (χ1v) is 10.3. The molecular formula is C21H29N3OS. The van der Waals surface area contributed by atoms with E-state index in [-0.39, 0.29) is 5.91 Å². The third kappa shape index (κ3) is 5.64. The molecule has 0 atom stereocenters. The van der Waals surface area contributed by atoms with E-state index in [2.05, 4.69) is 36.0 Å². The van der Waals surface area contributed by atoms with Crippen molar-refractivity contribution in [2.75, 3.05) is 20.1 Å². The summed E-state index contributed by atoms with van der Waals surface area (Å²) >= 11 is 1.78. The normalized spacial score (nSPS) is 15.9. The van der Waals surface area contributed by atoms with Crippen molar-refractivity contribution in [3.63, 3.8) is 0 Å². The fourth-order valence-electron chi connectivity index (χ4n) is 3.54. The average molecular weight is 372 g/mol. The van der Waals surface area contributed by atoms with Crippen molar-refractivity contribution in [2.45, 2.75) is 45.7 Å². The van der Waals surface area contributed by atoms with Crippen LogP contribution in [0.3, 0.4) is 0 Å². The molecule has 1 aliphatic rings. The highest BCUT2D eigenvalue weighted by Gasteiger charge is 2.20. The zero-order valence-electron chi connectivity index (χ0n) is 15.9. The molecule has 2 aromatic rings. The Hall–Kier alpha value is -1.72. The molecule has 2 aromatic heterocycles. The first-order chi connectivity index (χ1) is 12.6. The fraction of sp³-hybridized carbons (Fsp3) is 0.524. The monoisotopic (exact) mass is 371 g/mol. The lowest BCUT2D eigenvalue weighted by molar-refractivity contribution is -0.132. The Morgan fingerprint density at radius 1 is 1.19 bits per heavy atom. The van der Waals surface area contributed by atoms with Crippen LogP contribution in [0.5, 0.6) is 0 Å². The second kappa shape index (κ2) is 9.28. The molecule has 3 rings (SSSR count). The number of hydrogen-bond acceptors (Lipinski definition) is 4. The lowest BCUT2D eigenvalue weighted by atomic mass is 9.92. The van der Waals surface area contributed by atoms with Crippen LogP contribution in [0.25, 0.3) is 0 Å². The Morgan fingerprint density at radius 2 is 1.92 bits per heavy atom. The fourth-order valence-corrected chi connectivity index (χ4v) is 4.44. The lowest BCUT2D eigenvalue weighted by Gasteiger charge is -2.29. The third-order valence-electron chi connectivity index (χ3n) is 5.22. The van der Waals surface area contributed by atoms with Crippen molar-refractivity contribution in [1.29, 1.82) is 0 Å². The molecule has 0 spiro atoms. The van der Waals surface area contributed by atoms with E-state index in [0.717, 1.165) is 25.1 Å². The maximum absolute atomic E-state index is 13.0. The summed E-state index contributed by atoms with van der Waals surface area (Å²) in [5.41, 5.74) is 1.14. The van der Waals surface area contributed by atoms with Gasteiger partial charge < -0.3 is 9.80 Å². The summed E-state index contributed by atoms with van der Waals surface area (Å²) in [6.07, 6.45) is 7.71. The smallest absolute Gasteiger partial charge is 0.223 e. The molecule has 0 radical (unpaired) electrons. The highest BCUT2D eigenvalue weighted by Crippen LogP contribution is 2.23. The highest BCUT2D eigenvalue weighted by atomic mass is 32.1. The largest absolute Gasteiger partial charge is 0.333 e. The zero-order chi connectivity index (χ0) is 18.4. The van der Waals surface area contributed by atoms with Crippen molar-refractivity contribution in [3.8, 4) is 0 Å². The number of carbonyl (C=O) groups is 1. The molecule has 26 heavy (non-hydrogen) atoms. The summed E-state index contributed by atoms with van der Waals surface area (Å²) in [4.78, 5) is 24.0. The summed E-state index contributed by atoms with van der Waals surface area (Å²) in [6.45, 7) is 5.80. The first kappa shape index (κ1) is 19.1. The molecule has 1 amide bonds. The number of aryl methyl sites for hydroxylation is 1. The molecular weight excluding hydrogens is 342 g/mol. The standard InChI is InChI=1S/C21H29N3OS/c1-17-3-5-20(26-17)16-24(15-19-7-11-22-12-8-19)21(25)6-4-18-9-13-23(2)14-10-18/h3,5,7-8,11-12,18H,4,6,9-10,13-16H2,1-2H3. The Kier molecular flexibility index (Phi) is 6.80. The number of piperidine rings is 1. The summed E-state index contributed by atoms with van der Waals surface area (Å²) in [7, 11) is 2.18. The number of hydrogen-bond donors (Lipinski definition) is 0.